The Kier molecular flexibility index (Phi) is 3.54. The highest BCUT2D eigenvalue weighted by molar-refractivity contribution is 7.14. The molecule has 5 heteroatoms. The van der Waals surface area contributed by atoms with Gasteiger partial charge in [0.15, 0.2) is 4.47 Å². The number of methoxy groups -OCH3 is 2. The van der Waals surface area contributed by atoms with Gasteiger partial charge in [0.05, 0.1) is 19.9 Å². The second kappa shape index (κ2) is 4.94. The Hall–Kier alpha value is -1.26. The molecule has 1 aromatic heterocycles. The summed E-state index contributed by atoms with van der Waals surface area (Å²) < 4.78 is 11.2. The average molecular weight is 270 g/mol. The third-order valence-corrected chi connectivity index (χ3v) is 3.51. The molecular weight excluding hydrogens is 258 g/mol. The number of thiazole rings is 1. The SMILES string of the molecule is COc1ccc(-c2csc(Cl)n2)c(OC)c1C. The van der Waals surface area contributed by atoms with Gasteiger partial charge in [0, 0.05) is 16.5 Å². The van der Waals surface area contributed by atoms with E-state index in [1.54, 1.807) is 14.2 Å². The molecule has 2 aromatic rings. The fraction of sp³-hybridized carbons (Fsp3) is 0.250. The van der Waals surface area contributed by atoms with E-state index in [-0.39, 0.29) is 0 Å². The van der Waals surface area contributed by atoms with Gasteiger partial charge in [0.1, 0.15) is 11.5 Å². The number of benzene rings is 1. The van der Waals surface area contributed by atoms with Crippen LogP contribution >= 0.6 is 22.9 Å². The Labute approximate surface area is 109 Å². The first-order valence-corrected chi connectivity index (χ1v) is 6.26. The van der Waals surface area contributed by atoms with Crippen LogP contribution in [0, 0.1) is 6.92 Å². The topological polar surface area (TPSA) is 31.4 Å². The van der Waals surface area contributed by atoms with Crippen molar-refractivity contribution in [3.8, 4) is 22.8 Å². The number of hydrogen-bond donors (Lipinski definition) is 0. The summed E-state index contributed by atoms with van der Waals surface area (Å²) in [7, 11) is 3.28. The van der Waals surface area contributed by atoms with Gasteiger partial charge in [-0.2, -0.15) is 0 Å². The van der Waals surface area contributed by atoms with Gasteiger partial charge in [-0.1, -0.05) is 11.6 Å². The van der Waals surface area contributed by atoms with Crippen molar-refractivity contribution in [3.05, 3.63) is 27.5 Å². The van der Waals surface area contributed by atoms with Crippen LogP contribution in [0.3, 0.4) is 0 Å². The molecule has 0 spiro atoms. The van der Waals surface area contributed by atoms with Gasteiger partial charge in [0.25, 0.3) is 0 Å². The molecule has 0 bridgehead atoms. The van der Waals surface area contributed by atoms with Crippen molar-refractivity contribution in [1.82, 2.24) is 4.98 Å². The number of halogens is 1. The minimum absolute atomic E-state index is 0.524. The number of aromatic nitrogens is 1. The van der Waals surface area contributed by atoms with Gasteiger partial charge in [-0.25, -0.2) is 4.98 Å². The highest BCUT2D eigenvalue weighted by Crippen LogP contribution is 2.38. The lowest BCUT2D eigenvalue weighted by Crippen LogP contribution is -1.95. The van der Waals surface area contributed by atoms with E-state index in [0.29, 0.717) is 4.47 Å². The number of rotatable bonds is 3. The third-order valence-electron chi connectivity index (χ3n) is 2.53. The minimum Gasteiger partial charge on any atom is -0.496 e. The zero-order chi connectivity index (χ0) is 12.4. The van der Waals surface area contributed by atoms with E-state index in [2.05, 4.69) is 4.98 Å². The maximum absolute atomic E-state index is 5.85. The molecule has 1 aromatic carbocycles. The van der Waals surface area contributed by atoms with E-state index in [9.17, 15) is 0 Å². The molecule has 0 saturated heterocycles. The summed E-state index contributed by atoms with van der Waals surface area (Å²) in [6.07, 6.45) is 0. The van der Waals surface area contributed by atoms with Crippen LogP contribution in [0.15, 0.2) is 17.5 Å². The molecule has 0 N–H and O–H groups in total. The highest BCUT2D eigenvalue weighted by Gasteiger charge is 2.14. The van der Waals surface area contributed by atoms with Crippen molar-refractivity contribution < 1.29 is 9.47 Å². The number of nitrogens with zero attached hydrogens (tertiary/aromatic N) is 1. The number of hydrogen-bond acceptors (Lipinski definition) is 4. The summed E-state index contributed by atoms with van der Waals surface area (Å²) in [6, 6.07) is 3.83. The van der Waals surface area contributed by atoms with Crippen molar-refractivity contribution in [3.63, 3.8) is 0 Å². The third kappa shape index (κ3) is 2.23. The molecule has 3 nitrogen and oxygen atoms in total. The summed E-state index contributed by atoms with van der Waals surface area (Å²) >= 11 is 7.25. The lowest BCUT2D eigenvalue weighted by Gasteiger charge is -2.13. The summed E-state index contributed by atoms with van der Waals surface area (Å²) in [5.41, 5.74) is 2.70. The molecule has 90 valence electrons. The lowest BCUT2D eigenvalue weighted by atomic mass is 10.1. The molecule has 0 atom stereocenters. The quantitative estimate of drug-likeness (QED) is 0.850. The molecule has 2 rings (SSSR count). The monoisotopic (exact) mass is 269 g/mol. The standard InChI is InChI=1S/C12H12ClNO2S/c1-7-10(15-2)5-4-8(11(7)16-3)9-6-17-12(13)14-9/h4-6H,1-3H3. The van der Waals surface area contributed by atoms with E-state index < -0.39 is 0 Å². The van der Waals surface area contributed by atoms with E-state index in [1.165, 1.54) is 11.3 Å². The van der Waals surface area contributed by atoms with Crippen LogP contribution < -0.4 is 9.47 Å². The smallest absolute Gasteiger partial charge is 0.184 e. The number of ether oxygens (including phenoxy) is 2. The molecule has 0 fully saturated rings. The Bertz CT molecular complexity index is 539. The van der Waals surface area contributed by atoms with Crippen LogP contribution in [0.1, 0.15) is 5.56 Å². The average Bonchev–Trinajstić information content (AvgIpc) is 2.75. The molecule has 0 aliphatic rings. The zero-order valence-corrected chi connectivity index (χ0v) is 11.4. The summed E-state index contributed by atoms with van der Waals surface area (Å²) in [5, 5.41) is 1.91. The first-order chi connectivity index (χ1) is 8.17. The lowest BCUT2D eigenvalue weighted by molar-refractivity contribution is 0.390. The molecular formula is C12H12ClNO2S. The first kappa shape index (κ1) is 12.2. The largest absolute Gasteiger partial charge is 0.496 e. The molecule has 0 aliphatic carbocycles. The van der Waals surface area contributed by atoms with Crippen molar-refractivity contribution in [2.45, 2.75) is 6.92 Å². The van der Waals surface area contributed by atoms with Crippen molar-refractivity contribution in [1.29, 1.82) is 0 Å². The van der Waals surface area contributed by atoms with Gasteiger partial charge >= 0.3 is 0 Å². The maximum atomic E-state index is 5.85. The van der Waals surface area contributed by atoms with Crippen molar-refractivity contribution in [2.24, 2.45) is 0 Å². The fourth-order valence-electron chi connectivity index (χ4n) is 1.74. The Morgan fingerprint density at radius 3 is 2.53 bits per heavy atom. The predicted molar refractivity (Wildman–Crippen MR) is 70.4 cm³/mol. The molecule has 1 heterocycles. The molecule has 0 saturated carbocycles. The summed E-state index contributed by atoms with van der Waals surface area (Å²) in [6.45, 7) is 1.95. The first-order valence-electron chi connectivity index (χ1n) is 5.00. The van der Waals surface area contributed by atoms with E-state index >= 15 is 0 Å². The van der Waals surface area contributed by atoms with Crippen LogP contribution in [0.4, 0.5) is 0 Å². The summed E-state index contributed by atoms with van der Waals surface area (Å²) in [5.74, 6) is 1.57. The van der Waals surface area contributed by atoms with E-state index in [0.717, 1.165) is 28.3 Å². The molecule has 0 unspecified atom stereocenters. The second-order valence-corrected chi connectivity index (χ2v) is 4.90. The van der Waals surface area contributed by atoms with E-state index in [4.69, 9.17) is 21.1 Å². The Balaban J connectivity index is 2.58. The molecule has 0 aliphatic heterocycles. The van der Waals surface area contributed by atoms with Crippen LogP contribution in [0.2, 0.25) is 4.47 Å². The maximum Gasteiger partial charge on any atom is 0.184 e. The molecule has 0 amide bonds. The van der Waals surface area contributed by atoms with Crippen molar-refractivity contribution in [2.75, 3.05) is 14.2 Å². The van der Waals surface area contributed by atoms with Gasteiger partial charge in [0.2, 0.25) is 0 Å². The molecule has 0 radical (unpaired) electrons. The van der Waals surface area contributed by atoms with Crippen LogP contribution in [0.25, 0.3) is 11.3 Å². The van der Waals surface area contributed by atoms with Crippen molar-refractivity contribution >= 4 is 22.9 Å². The highest BCUT2D eigenvalue weighted by atomic mass is 35.5. The van der Waals surface area contributed by atoms with Gasteiger partial charge in [-0.15, -0.1) is 11.3 Å². The van der Waals surface area contributed by atoms with Crippen LogP contribution in [0.5, 0.6) is 11.5 Å². The van der Waals surface area contributed by atoms with Gasteiger partial charge in [-0.3, -0.25) is 0 Å². The summed E-state index contributed by atoms with van der Waals surface area (Å²) in [4.78, 5) is 4.25. The Morgan fingerprint density at radius 2 is 2.00 bits per heavy atom. The molecule has 17 heavy (non-hydrogen) atoms. The van der Waals surface area contributed by atoms with E-state index in [1.807, 2.05) is 24.4 Å². The second-order valence-electron chi connectivity index (χ2n) is 3.46. The van der Waals surface area contributed by atoms with Gasteiger partial charge < -0.3 is 9.47 Å². The normalized spacial score (nSPS) is 10.4. The van der Waals surface area contributed by atoms with Gasteiger partial charge in [-0.05, 0) is 19.1 Å². The fourth-order valence-corrected chi connectivity index (χ4v) is 2.50. The van der Waals surface area contributed by atoms with Crippen LogP contribution in [-0.4, -0.2) is 19.2 Å². The predicted octanol–water partition coefficient (Wildman–Crippen LogP) is 3.79. The minimum atomic E-state index is 0.524. The van der Waals surface area contributed by atoms with Crippen LogP contribution in [-0.2, 0) is 0 Å². The Morgan fingerprint density at radius 1 is 1.24 bits per heavy atom. The zero-order valence-electron chi connectivity index (χ0n) is 9.78.